The number of carbonyl (C=O) groups is 1. The van der Waals surface area contributed by atoms with Crippen LogP contribution in [0.15, 0.2) is 36.4 Å². The van der Waals surface area contributed by atoms with Gasteiger partial charge in [0.2, 0.25) is 5.91 Å². The molecule has 1 aromatic heterocycles. The van der Waals surface area contributed by atoms with Gasteiger partial charge in [-0.3, -0.25) is 4.79 Å². The number of hydrogen-bond donors (Lipinski definition) is 1. The summed E-state index contributed by atoms with van der Waals surface area (Å²) in [5.41, 5.74) is 4.53. The number of carbonyl (C=O) groups excluding carboxylic acids is 1. The van der Waals surface area contributed by atoms with Crippen LogP contribution in [0.1, 0.15) is 41.4 Å². The molecule has 1 heterocycles. The Morgan fingerprint density at radius 1 is 1.35 bits per heavy atom. The third kappa shape index (κ3) is 3.67. The van der Waals surface area contributed by atoms with Crippen molar-refractivity contribution in [2.45, 2.75) is 39.3 Å². The molecule has 1 amide bonds. The van der Waals surface area contributed by atoms with Crippen LogP contribution in [0.2, 0.25) is 5.02 Å². The molecule has 1 aliphatic rings. The number of nitrogens with one attached hydrogen (secondary N) is 1. The van der Waals surface area contributed by atoms with Gasteiger partial charge in [0.05, 0.1) is 0 Å². The summed E-state index contributed by atoms with van der Waals surface area (Å²) in [4.78, 5) is 12.0. The molecule has 0 aliphatic heterocycles. The van der Waals surface area contributed by atoms with Crippen molar-refractivity contribution in [2.75, 3.05) is 0 Å². The van der Waals surface area contributed by atoms with Crippen LogP contribution >= 0.6 is 11.6 Å². The van der Waals surface area contributed by atoms with Crippen molar-refractivity contribution in [1.29, 1.82) is 0 Å². The van der Waals surface area contributed by atoms with Gasteiger partial charge in [-0.25, -0.2) is 0 Å². The predicted octanol–water partition coefficient (Wildman–Crippen LogP) is 4.42. The molecule has 3 rings (SSSR count). The van der Waals surface area contributed by atoms with E-state index >= 15 is 0 Å². The van der Waals surface area contributed by atoms with E-state index in [1.807, 2.05) is 30.3 Å². The van der Waals surface area contributed by atoms with E-state index in [1.165, 1.54) is 24.2 Å². The standard InChI is InChI=1S/C19H21ClN2O/c1-13-11-15(14(2)22(13)17-8-9-17)7-10-19(23)21-12-16-5-3-4-6-18(16)20/h3-7,10-11,17H,8-9,12H2,1-2H3,(H,21,23)/b10-7+. The van der Waals surface area contributed by atoms with Gasteiger partial charge < -0.3 is 9.88 Å². The topological polar surface area (TPSA) is 34.0 Å². The lowest BCUT2D eigenvalue weighted by Crippen LogP contribution is -2.20. The smallest absolute Gasteiger partial charge is 0.244 e. The summed E-state index contributed by atoms with van der Waals surface area (Å²) in [6.07, 6.45) is 6.01. The third-order valence-corrected chi connectivity index (χ3v) is 4.63. The van der Waals surface area contributed by atoms with E-state index in [4.69, 9.17) is 11.6 Å². The van der Waals surface area contributed by atoms with Crippen LogP contribution in [0.4, 0.5) is 0 Å². The highest BCUT2D eigenvalue weighted by atomic mass is 35.5. The summed E-state index contributed by atoms with van der Waals surface area (Å²) in [6.45, 7) is 4.68. The summed E-state index contributed by atoms with van der Waals surface area (Å²) in [6, 6.07) is 10.3. The molecule has 2 aromatic rings. The van der Waals surface area contributed by atoms with Crippen molar-refractivity contribution in [3.05, 3.63) is 63.9 Å². The van der Waals surface area contributed by atoms with Crippen LogP contribution in [0.25, 0.3) is 6.08 Å². The SMILES string of the molecule is Cc1cc(/C=C/C(=O)NCc2ccccc2Cl)c(C)n1C1CC1. The zero-order valence-corrected chi connectivity index (χ0v) is 14.2. The van der Waals surface area contributed by atoms with Gasteiger partial charge in [0.25, 0.3) is 0 Å². The van der Waals surface area contributed by atoms with Crippen LogP contribution in [0, 0.1) is 13.8 Å². The summed E-state index contributed by atoms with van der Waals surface area (Å²) in [5, 5.41) is 3.54. The van der Waals surface area contributed by atoms with Gasteiger partial charge in [-0.15, -0.1) is 0 Å². The first kappa shape index (κ1) is 15.9. The second kappa shape index (κ2) is 6.63. The van der Waals surface area contributed by atoms with E-state index in [9.17, 15) is 4.79 Å². The molecule has 1 fully saturated rings. The monoisotopic (exact) mass is 328 g/mol. The molecule has 0 radical (unpaired) electrons. The third-order valence-electron chi connectivity index (χ3n) is 4.26. The van der Waals surface area contributed by atoms with E-state index in [0.717, 1.165) is 11.1 Å². The van der Waals surface area contributed by atoms with Gasteiger partial charge in [0.1, 0.15) is 0 Å². The highest BCUT2D eigenvalue weighted by Crippen LogP contribution is 2.38. The van der Waals surface area contributed by atoms with Crippen molar-refractivity contribution < 1.29 is 4.79 Å². The van der Waals surface area contributed by atoms with Crippen LogP contribution in [-0.2, 0) is 11.3 Å². The van der Waals surface area contributed by atoms with E-state index in [-0.39, 0.29) is 5.91 Å². The van der Waals surface area contributed by atoms with Crippen molar-refractivity contribution in [2.24, 2.45) is 0 Å². The van der Waals surface area contributed by atoms with Gasteiger partial charge in [0, 0.05) is 35.1 Å². The minimum absolute atomic E-state index is 0.110. The predicted molar refractivity (Wildman–Crippen MR) is 94.5 cm³/mol. The minimum atomic E-state index is -0.110. The van der Waals surface area contributed by atoms with Crippen LogP contribution in [-0.4, -0.2) is 10.5 Å². The molecule has 1 aliphatic carbocycles. The Labute approximate surface area is 142 Å². The summed E-state index contributed by atoms with van der Waals surface area (Å²) >= 11 is 6.09. The lowest BCUT2D eigenvalue weighted by molar-refractivity contribution is -0.116. The Morgan fingerprint density at radius 3 is 2.78 bits per heavy atom. The Bertz CT molecular complexity index is 757. The first-order valence-corrected chi connectivity index (χ1v) is 8.32. The summed E-state index contributed by atoms with van der Waals surface area (Å²) in [7, 11) is 0. The molecule has 3 nitrogen and oxygen atoms in total. The summed E-state index contributed by atoms with van der Waals surface area (Å²) < 4.78 is 2.38. The minimum Gasteiger partial charge on any atom is -0.348 e. The van der Waals surface area contributed by atoms with Crippen molar-refractivity contribution in [1.82, 2.24) is 9.88 Å². The number of hydrogen-bond acceptors (Lipinski definition) is 1. The number of amides is 1. The molecule has 0 saturated heterocycles. The largest absolute Gasteiger partial charge is 0.348 e. The van der Waals surface area contributed by atoms with E-state index in [1.54, 1.807) is 6.08 Å². The van der Waals surface area contributed by atoms with Gasteiger partial charge >= 0.3 is 0 Å². The number of rotatable bonds is 5. The van der Waals surface area contributed by atoms with Crippen molar-refractivity contribution in [3.8, 4) is 0 Å². The second-order valence-electron chi connectivity index (χ2n) is 6.07. The Hall–Kier alpha value is -2.00. The fraction of sp³-hybridized carbons (Fsp3) is 0.316. The average Bonchev–Trinajstić information content (AvgIpc) is 3.31. The lowest BCUT2D eigenvalue weighted by atomic mass is 10.2. The summed E-state index contributed by atoms with van der Waals surface area (Å²) in [5.74, 6) is -0.110. The second-order valence-corrected chi connectivity index (χ2v) is 6.48. The zero-order chi connectivity index (χ0) is 16.4. The maximum Gasteiger partial charge on any atom is 0.244 e. The van der Waals surface area contributed by atoms with Gasteiger partial charge in [-0.1, -0.05) is 29.8 Å². The first-order chi connectivity index (χ1) is 11.1. The molecule has 4 heteroatoms. The Morgan fingerprint density at radius 2 is 2.09 bits per heavy atom. The van der Waals surface area contributed by atoms with Crippen molar-refractivity contribution >= 4 is 23.6 Å². The van der Waals surface area contributed by atoms with E-state index in [0.29, 0.717) is 17.6 Å². The lowest BCUT2D eigenvalue weighted by Gasteiger charge is -2.06. The molecule has 1 saturated carbocycles. The first-order valence-electron chi connectivity index (χ1n) is 7.94. The normalized spacial score (nSPS) is 14.4. The molecule has 1 aromatic carbocycles. The molecule has 0 bridgehead atoms. The molecule has 0 unspecified atom stereocenters. The number of aromatic nitrogens is 1. The van der Waals surface area contributed by atoms with Gasteiger partial charge in [-0.2, -0.15) is 0 Å². The fourth-order valence-corrected chi connectivity index (χ4v) is 3.12. The number of nitrogens with zero attached hydrogens (tertiary/aromatic N) is 1. The molecule has 1 N–H and O–H groups in total. The van der Waals surface area contributed by atoms with Crippen LogP contribution < -0.4 is 5.32 Å². The average molecular weight is 329 g/mol. The molecule has 120 valence electrons. The maximum atomic E-state index is 12.0. The Balaban J connectivity index is 1.63. The van der Waals surface area contributed by atoms with Crippen molar-refractivity contribution in [3.63, 3.8) is 0 Å². The highest BCUT2D eigenvalue weighted by Gasteiger charge is 2.26. The molecule has 0 atom stereocenters. The number of benzene rings is 1. The highest BCUT2D eigenvalue weighted by molar-refractivity contribution is 6.31. The van der Waals surface area contributed by atoms with Crippen LogP contribution in [0.5, 0.6) is 0 Å². The fourth-order valence-electron chi connectivity index (χ4n) is 2.91. The van der Waals surface area contributed by atoms with Crippen LogP contribution in [0.3, 0.4) is 0 Å². The van der Waals surface area contributed by atoms with Gasteiger partial charge in [0.15, 0.2) is 0 Å². The molecule has 23 heavy (non-hydrogen) atoms. The van der Waals surface area contributed by atoms with E-state index < -0.39 is 0 Å². The maximum absolute atomic E-state index is 12.0. The molecule has 0 spiro atoms. The van der Waals surface area contributed by atoms with Gasteiger partial charge in [-0.05, 0) is 56.0 Å². The quantitative estimate of drug-likeness (QED) is 0.810. The molecular weight excluding hydrogens is 308 g/mol. The number of aryl methyl sites for hydroxylation is 1. The van der Waals surface area contributed by atoms with E-state index in [2.05, 4.69) is 29.8 Å². The number of halogens is 1. The Kier molecular flexibility index (Phi) is 4.58. The molecular formula is C19H21ClN2O. The zero-order valence-electron chi connectivity index (χ0n) is 13.5.